The van der Waals surface area contributed by atoms with Crippen LogP contribution in [0.15, 0.2) is 0 Å². The Morgan fingerprint density at radius 2 is 0.818 bits per heavy atom. The minimum atomic E-state index is -3.97. The Morgan fingerprint density at radius 3 is 0.818 bits per heavy atom. The number of thiol groups is 2. The summed E-state index contributed by atoms with van der Waals surface area (Å²) in [6.07, 6.45) is 0. The standard InChI is InChI=1S/Na.2H2O3S2.H/c;2*1-5(2,3)4;/h;2*(H2,1,2,3,4);. The minimum absolute atomic E-state index is 0. The van der Waals surface area contributed by atoms with Gasteiger partial charge in [-0.1, -0.05) is 0 Å². The normalized spacial score (nSPS) is 10.5. The predicted molar refractivity (Wildman–Crippen MR) is 48.2 cm³/mol. The van der Waals surface area contributed by atoms with Gasteiger partial charge in [-0.05, 0) is 23.3 Å². The zero-order valence-corrected chi connectivity index (χ0v) is 7.66. The summed E-state index contributed by atoms with van der Waals surface area (Å²) in [7, 11) is -7.94. The summed E-state index contributed by atoms with van der Waals surface area (Å²) in [5.41, 5.74) is 0. The predicted octanol–water partition coefficient (Wildman–Crippen LogP) is -1.21. The van der Waals surface area contributed by atoms with Crippen LogP contribution in [0, 0.1) is 0 Å². The summed E-state index contributed by atoms with van der Waals surface area (Å²) in [4.78, 5) is 0. The third-order valence-electron chi connectivity index (χ3n) is 0. The fourth-order valence-electron chi connectivity index (χ4n) is 0. The van der Waals surface area contributed by atoms with Crippen molar-refractivity contribution in [3.8, 4) is 0 Å². The Balaban J connectivity index is -0.000000107. The van der Waals surface area contributed by atoms with Gasteiger partial charge in [0.05, 0.1) is 0 Å². The Labute approximate surface area is 96.2 Å². The molecule has 0 amide bonds. The van der Waals surface area contributed by atoms with Crippen molar-refractivity contribution in [1.82, 2.24) is 0 Å². The van der Waals surface area contributed by atoms with E-state index in [4.69, 9.17) is 25.9 Å². The number of hydrogen-bond donors (Lipinski definition) is 4. The fraction of sp³-hybridized carbons (Fsp3) is 0. The SMILES string of the molecule is O=S(=O)(O)S.O=S(=O)(O)S.[NaH]. The van der Waals surface area contributed by atoms with E-state index in [1.165, 1.54) is 0 Å². The monoisotopic (exact) mass is 252 g/mol. The molecule has 0 saturated carbocycles. The summed E-state index contributed by atoms with van der Waals surface area (Å²) < 4.78 is 50.9. The summed E-state index contributed by atoms with van der Waals surface area (Å²) in [5, 5.41) is 0. The van der Waals surface area contributed by atoms with Gasteiger partial charge in [-0.25, -0.2) is 0 Å². The molecule has 66 valence electrons. The molecule has 0 aliphatic heterocycles. The van der Waals surface area contributed by atoms with Crippen molar-refractivity contribution in [3.05, 3.63) is 0 Å². The summed E-state index contributed by atoms with van der Waals surface area (Å²) >= 11 is 5.30. The van der Waals surface area contributed by atoms with Crippen molar-refractivity contribution in [2.24, 2.45) is 0 Å². The molecule has 0 atom stereocenters. The summed E-state index contributed by atoms with van der Waals surface area (Å²) in [5.74, 6) is 0. The van der Waals surface area contributed by atoms with Crippen LogP contribution in [-0.2, 0) is 18.3 Å². The molecule has 0 spiro atoms. The van der Waals surface area contributed by atoms with Crippen LogP contribution in [0.3, 0.4) is 0 Å². The molecular weight excluding hydrogens is 247 g/mol. The average Bonchev–Trinajstić information content (AvgIpc) is 1.12. The van der Waals surface area contributed by atoms with E-state index < -0.39 is 18.3 Å². The second-order valence-electron chi connectivity index (χ2n) is 0.896. The van der Waals surface area contributed by atoms with E-state index in [2.05, 4.69) is 23.3 Å². The molecule has 0 aromatic heterocycles. The summed E-state index contributed by atoms with van der Waals surface area (Å²) in [6, 6.07) is 0. The van der Waals surface area contributed by atoms with E-state index in [1.54, 1.807) is 0 Å². The van der Waals surface area contributed by atoms with Gasteiger partial charge < -0.3 is 0 Å². The van der Waals surface area contributed by atoms with Crippen LogP contribution in [0.25, 0.3) is 0 Å². The van der Waals surface area contributed by atoms with Gasteiger partial charge in [-0.15, -0.1) is 0 Å². The zero-order chi connectivity index (χ0) is 9.00. The van der Waals surface area contributed by atoms with Crippen LogP contribution in [0.5, 0.6) is 0 Å². The molecule has 0 bridgehead atoms. The molecule has 0 fully saturated rings. The maximum atomic E-state index is 9.05. The van der Waals surface area contributed by atoms with Crippen molar-refractivity contribution in [3.63, 3.8) is 0 Å². The van der Waals surface area contributed by atoms with Crippen LogP contribution < -0.4 is 0 Å². The molecule has 11 heavy (non-hydrogen) atoms. The van der Waals surface area contributed by atoms with Crippen LogP contribution >= 0.6 is 23.3 Å². The Hall–Kier alpha value is 1.52. The van der Waals surface area contributed by atoms with Crippen LogP contribution in [0.1, 0.15) is 0 Å². The maximum absolute atomic E-state index is 9.05. The third kappa shape index (κ3) is 452. The molecule has 0 radical (unpaired) electrons. The van der Waals surface area contributed by atoms with E-state index in [-0.39, 0.29) is 29.6 Å². The molecule has 0 rings (SSSR count). The van der Waals surface area contributed by atoms with Crippen LogP contribution in [-0.4, -0.2) is 55.5 Å². The van der Waals surface area contributed by atoms with E-state index in [9.17, 15) is 0 Å². The van der Waals surface area contributed by atoms with E-state index in [1.807, 2.05) is 0 Å². The first-order valence-corrected chi connectivity index (χ1v) is 6.38. The summed E-state index contributed by atoms with van der Waals surface area (Å²) in [6.45, 7) is 0. The van der Waals surface area contributed by atoms with Crippen LogP contribution in [0.4, 0.5) is 0 Å². The molecule has 0 aliphatic carbocycles. The van der Waals surface area contributed by atoms with E-state index in [0.717, 1.165) is 0 Å². The van der Waals surface area contributed by atoms with Gasteiger partial charge in [0.1, 0.15) is 0 Å². The molecule has 0 aliphatic rings. The zero-order valence-electron chi connectivity index (χ0n) is 4.24. The molecule has 0 aromatic rings. The Kier molecular flexibility index (Phi) is 11.6. The van der Waals surface area contributed by atoms with Gasteiger partial charge in [-0.2, -0.15) is 16.8 Å². The first-order chi connectivity index (χ1) is 4.00. The van der Waals surface area contributed by atoms with Gasteiger partial charge in [0.25, 0.3) is 0 Å². The molecule has 2 N–H and O–H groups in total. The van der Waals surface area contributed by atoms with E-state index >= 15 is 0 Å². The third-order valence-corrected chi connectivity index (χ3v) is 0. The fourth-order valence-corrected chi connectivity index (χ4v) is 0. The van der Waals surface area contributed by atoms with Crippen molar-refractivity contribution in [2.75, 3.05) is 0 Å². The molecule has 11 heteroatoms. The second kappa shape index (κ2) is 6.97. The second-order valence-corrected chi connectivity index (χ2v) is 5.46. The van der Waals surface area contributed by atoms with Gasteiger partial charge in [-0.3, -0.25) is 9.11 Å². The van der Waals surface area contributed by atoms with E-state index in [0.29, 0.717) is 0 Å². The molecule has 0 aromatic carbocycles. The molecule has 0 saturated heterocycles. The van der Waals surface area contributed by atoms with Crippen molar-refractivity contribution in [1.29, 1.82) is 0 Å². The molecular formula is H5NaO6S4. The quantitative estimate of drug-likeness (QED) is 0.186. The molecule has 0 unspecified atom stereocenters. The first-order valence-electron chi connectivity index (χ1n) is 1.40. The van der Waals surface area contributed by atoms with Gasteiger partial charge in [0.15, 0.2) is 0 Å². The number of hydrogen-bond acceptors (Lipinski definition) is 4. The van der Waals surface area contributed by atoms with Gasteiger partial charge in [0, 0.05) is 0 Å². The number of rotatable bonds is 0. The van der Waals surface area contributed by atoms with Crippen molar-refractivity contribution in [2.45, 2.75) is 0 Å². The first kappa shape index (κ1) is 18.3. The topological polar surface area (TPSA) is 109 Å². The van der Waals surface area contributed by atoms with Gasteiger partial charge in [0.2, 0.25) is 0 Å². The van der Waals surface area contributed by atoms with Crippen LogP contribution in [0.2, 0.25) is 0 Å². The average molecular weight is 252 g/mol. The molecule has 0 heterocycles. The van der Waals surface area contributed by atoms with Crippen molar-refractivity contribution >= 4 is 71.2 Å². The van der Waals surface area contributed by atoms with Gasteiger partial charge >= 0.3 is 47.9 Å². The van der Waals surface area contributed by atoms with Crippen molar-refractivity contribution < 1.29 is 25.9 Å². The molecule has 6 nitrogen and oxygen atoms in total. The Morgan fingerprint density at radius 1 is 0.818 bits per heavy atom. The Bertz CT molecular complexity index is 211.